The van der Waals surface area contributed by atoms with E-state index in [0.29, 0.717) is 24.1 Å². The van der Waals surface area contributed by atoms with Crippen molar-refractivity contribution in [3.8, 4) is 0 Å². The summed E-state index contributed by atoms with van der Waals surface area (Å²) in [4.78, 5) is 3.90. The maximum atomic E-state index is 12.1. The second kappa shape index (κ2) is 6.97. The summed E-state index contributed by atoms with van der Waals surface area (Å²) in [6, 6.07) is 3.40. The molecule has 0 fully saturated rings. The van der Waals surface area contributed by atoms with Gasteiger partial charge >= 0.3 is 7.60 Å². The number of nitrogens with one attached hydrogen (secondary N) is 1. The number of rotatable bonds is 7. The van der Waals surface area contributed by atoms with Crippen molar-refractivity contribution >= 4 is 24.9 Å². The lowest BCUT2D eigenvalue weighted by atomic mass is 10.4. The average Bonchev–Trinajstić information content (AvgIpc) is 2.29. The second-order valence-corrected chi connectivity index (χ2v) is 5.59. The van der Waals surface area contributed by atoms with Crippen molar-refractivity contribution in [1.82, 2.24) is 4.98 Å². The molecule has 0 unspecified atom stereocenters. The lowest BCUT2D eigenvalue weighted by Gasteiger charge is -2.17. The summed E-state index contributed by atoms with van der Waals surface area (Å²) >= 11 is 5.66. The molecule has 0 aliphatic heterocycles. The first-order valence-electron chi connectivity index (χ1n) is 5.33. The molecule has 0 bridgehead atoms. The van der Waals surface area contributed by atoms with Crippen LogP contribution in [0.1, 0.15) is 13.8 Å². The molecule has 0 radical (unpaired) electrons. The Labute approximate surface area is 106 Å². The van der Waals surface area contributed by atoms with Crippen molar-refractivity contribution < 1.29 is 13.6 Å². The van der Waals surface area contributed by atoms with E-state index in [2.05, 4.69) is 10.3 Å². The molecule has 1 aromatic heterocycles. The lowest BCUT2D eigenvalue weighted by molar-refractivity contribution is 0.221. The van der Waals surface area contributed by atoms with E-state index >= 15 is 0 Å². The van der Waals surface area contributed by atoms with Crippen LogP contribution in [-0.2, 0) is 13.6 Å². The van der Waals surface area contributed by atoms with Crippen LogP contribution in [0.4, 0.5) is 5.69 Å². The third kappa shape index (κ3) is 5.04. The summed E-state index contributed by atoms with van der Waals surface area (Å²) in [6.07, 6.45) is 1.67. The van der Waals surface area contributed by atoms with Gasteiger partial charge in [-0.25, -0.2) is 4.98 Å². The van der Waals surface area contributed by atoms with Crippen molar-refractivity contribution in [1.29, 1.82) is 0 Å². The molecule has 0 atom stereocenters. The predicted octanol–water partition coefficient (Wildman–Crippen LogP) is 3.37. The molecule has 0 saturated carbocycles. The van der Waals surface area contributed by atoms with Gasteiger partial charge in [0.2, 0.25) is 0 Å². The molecule has 0 saturated heterocycles. The van der Waals surface area contributed by atoms with E-state index in [4.69, 9.17) is 20.6 Å². The van der Waals surface area contributed by atoms with Crippen LogP contribution in [0.15, 0.2) is 18.3 Å². The summed E-state index contributed by atoms with van der Waals surface area (Å²) in [7, 11) is -3.07. The van der Waals surface area contributed by atoms with E-state index in [1.165, 1.54) is 0 Å². The molecule has 1 N–H and O–H groups in total. The van der Waals surface area contributed by atoms with Gasteiger partial charge in [-0.05, 0) is 26.0 Å². The number of halogens is 1. The molecule has 17 heavy (non-hydrogen) atoms. The van der Waals surface area contributed by atoms with Gasteiger partial charge in [-0.1, -0.05) is 11.6 Å². The van der Waals surface area contributed by atoms with E-state index in [9.17, 15) is 4.57 Å². The first-order chi connectivity index (χ1) is 8.09. The number of hydrogen-bond donors (Lipinski definition) is 1. The molecular weight excluding hydrogens is 263 g/mol. The molecule has 1 heterocycles. The van der Waals surface area contributed by atoms with Gasteiger partial charge in [0, 0.05) is 0 Å². The van der Waals surface area contributed by atoms with Crippen LogP contribution in [0, 0.1) is 0 Å². The van der Waals surface area contributed by atoms with Gasteiger partial charge in [0.15, 0.2) is 0 Å². The molecule has 7 heteroatoms. The largest absolute Gasteiger partial charge is 0.373 e. The van der Waals surface area contributed by atoms with E-state index < -0.39 is 7.60 Å². The fourth-order valence-corrected chi connectivity index (χ4v) is 2.72. The van der Waals surface area contributed by atoms with Crippen LogP contribution in [0.25, 0.3) is 0 Å². The average molecular weight is 279 g/mol. The molecule has 1 aromatic rings. The SMILES string of the molecule is CCOP(=O)(CNc1ccc(Cl)nc1)OCC. The Bertz CT molecular complexity index is 376. The Morgan fingerprint density at radius 2 is 2.00 bits per heavy atom. The Hall–Kier alpha value is -0.610. The predicted molar refractivity (Wildman–Crippen MR) is 68.6 cm³/mol. The Kier molecular flexibility index (Phi) is 5.92. The molecule has 0 spiro atoms. The normalized spacial score (nSPS) is 11.5. The highest BCUT2D eigenvalue weighted by molar-refractivity contribution is 7.53. The first kappa shape index (κ1) is 14.5. The van der Waals surface area contributed by atoms with Crippen LogP contribution in [0.3, 0.4) is 0 Å². The fraction of sp³-hybridized carbons (Fsp3) is 0.500. The maximum absolute atomic E-state index is 12.1. The smallest absolute Gasteiger partial charge is 0.349 e. The van der Waals surface area contributed by atoms with Gasteiger partial charge in [-0.2, -0.15) is 0 Å². The van der Waals surface area contributed by atoms with Gasteiger partial charge in [0.25, 0.3) is 0 Å². The summed E-state index contributed by atoms with van der Waals surface area (Å²) in [5.74, 6) is 0. The molecule has 0 aliphatic carbocycles. The molecular formula is C10H16ClN2O3P. The lowest BCUT2D eigenvalue weighted by Crippen LogP contribution is -2.08. The Balaban J connectivity index is 2.57. The molecule has 96 valence electrons. The van der Waals surface area contributed by atoms with Crippen LogP contribution in [0.5, 0.6) is 0 Å². The monoisotopic (exact) mass is 278 g/mol. The standard InChI is InChI=1S/C10H16ClN2O3P/c1-3-15-17(14,16-4-2)8-13-9-5-6-10(11)12-7-9/h5-7,13H,3-4,8H2,1-2H3. The molecule has 5 nitrogen and oxygen atoms in total. The highest BCUT2D eigenvalue weighted by Gasteiger charge is 2.22. The minimum atomic E-state index is -3.07. The number of pyridine rings is 1. The number of aromatic nitrogens is 1. The van der Waals surface area contributed by atoms with E-state index in [1.807, 2.05) is 0 Å². The van der Waals surface area contributed by atoms with Crippen LogP contribution < -0.4 is 5.32 Å². The number of nitrogens with zero attached hydrogens (tertiary/aromatic N) is 1. The minimum absolute atomic E-state index is 0.109. The summed E-state index contributed by atoms with van der Waals surface area (Å²) in [5.41, 5.74) is 0.717. The van der Waals surface area contributed by atoms with Crippen molar-refractivity contribution in [3.05, 3.63) is 23.5 Å². The highest BCUT2D eigenvalue weighted by Crippen LogP contribution is 2.47. The Morgan fingerprint density at radius 3 is 2.47 bits per heavy atom. The van der Waals surface area contributed by atoms with Crippen molar-refractivity contribution in [2.45, 2.75) is 13.8 Å². The number of anilines is 1. The zero-order valence-corrected chi connectivity index (χ0v) is 11.5. The number of hydrogen-bond acceptors (Lipinski definition) is 5. The zero-order valence-electron chi connectivity index (χ0n) is 9.85. The van der Waals surface area contributed by atoms with Gasteiger partial charge in [0.05, 0.1) is 25.1 Å². The fourth-order valence-electron chi connectivity index (χ4n) is 1.19. The minimum Gasteiger partial charge on any atom is -0.373 e. The highest BCUT2D eigenvalue weighted by atomic mass is 35.5. The molecule has 0 aliphatic rings. The maximum Gasteiger partial charge on any atom is 0.349 e. The van der Waals surface area contributed by atoms with Crippen molar-refractivity contribution in [3.63, 3.8) is 0 Å². The third-order valence-corrected chi connectivity index (χ3v) is 3.93. The summed E-state index contributed by atoms with van der Waals surface area (Å²) in [6.45, 7) is 4.24. The van der Waals surface area contributed by atoms with Crippen LogP contribution in [0.2, 0.25) is 5.15 Å². The first-order valence-corrected chi connectivity index (χ1v) is 7.44. The van der Waals surface area contributed by atoms with E-state index in [0.717, 1.165) is 0 Å². The van der Waals surface area contributed by atoms with Gasteiger partial charge in [0.1, 0.15) is 11.4 Å². The zero-order chi connectivity index (χ0) is 12.7. The van der Waals surface area contributed by atoms with Crippen LogP contribution >= 0.6 is 19.2 Å². The topological polar surface area (TPSA) is 60.5 Å². The van der Waals surface area contributed by atoms with Gasteiger partial charge < -0.3 is 14.4 Å². The van der Waals surface area contributed by atoms with Gasteiger partial charge in [-0.15, -0.1) is 0 Å². The summed E-state index contributed by atoms with van der Waals surface area (Å²) in [5, 5.41) is 3.36. The summed E-state index contributed by atoms with van der Waals surface area (Å²) < 4.78 is 22.4. The molecule has 0 amide bonds. The van der Waals surface area contributed by atoms with E-state index in [1.54, 1.807) is 32.2 Å². The van der Waals surface area contributed by atoms with Gasteiger partial charge in [-0.3, -0.25) is 4.57 Å². The van der Waals surface area contributed by atoms with Crippen molar-refractivity contribution in [2.24, 2.45) is 0 Å². The third-order valence-electron chi connectivity index (χ3n) is 1.86. The molecule has 0 aromatic carbocycles. The molecule has 1 rings (SSSR count). The second-order valence-electron chi connectivity index (χ2n) is 3.15. The Morgan fingerprint density at radius 1 is 1.35 bits per heavy atom. The van der Waals surface area contributed by atoms with Crippen molar-refractivity contribution in [2.75, 3.05) is 24.8 Å². The van der Waals surface area contributed by atoms with Crippen LogP contribution in [-0.4, -0.2) is 24.5 Å². The quantitative estimate of drug-likeness (QED) is 0.612. The van der Waals surface area contributed by atoms with E-state index in [-0.39, 0.29) is 6.29 Å².